The Labute approximate surface area is 144 Å². The van der Waals surface area contributed by atoms with Gasteiger partial charge in [-0.2, -0.15) is 5.26 Å². The Balaban J connectivity index is 1.71. The minimum Gasteiger partial charge on any atom is -0.495 e. The summed E-state index contributed by atoms with van der Waals surface area (Å²) in [5.74, 6) is 0.0631. The highest BCUT2D eigenvalue weighted by molar-refractivity contribution is 6.03. The molecule has 7 heteroatoms. The average molecular weight is 336 g/mol. The monoisotopic (exact) mass is 336 g/mol. The molecule has 0 spiro atoms. The Hall–Kier alpha value is -3.40. The molecule has 1 unspecified atom stereocenters. The van der Waals surface area contributed by atoms with Crippen molar-refractivity contribution in [1.82, 2.24) is 4.98 Å². The van der Waals surface area contributed by atoms with Gasteiger partial charge in [0.05, 0.1) is 24.3 Å². The smallest absolute Gasteiger partial charge is 0.230 e. The van der Waals surface area contributed by atoms with Gasteiger partial charge in [0.25, 0.3) is 0 Å². The van der Waals surface area contributed by atoms with E-state index in [9.17, 15) is 9.59 Å². The summed E-state index contributed by atoms with van der Waals surface area (Å²) in [6.07, 6.45) is 1.51. The minimum atomic E-state index is -0.477. The van der Waals surface area contributed by atoms with Crippen molar-refractivity contribution in [3.63, 3.8) is 0 Å². The van der Waals surface area contributed by atoms with Crippen LogP contribution in [0.4, 0.5) is 11.5 Å². The normalized spacial score (nSPS) is 16.4. The summed E-state index contributed by atoms with van der Waals surface area (Å²) in [6, 6.07) is 12.3. The third-order valence-electron chi connectivity index (χ3n) is 4.02. The number of pyridine rings is 1. The molecular formula is C18H16N4O3. The first-order chi connectivity index (χ1) is 12.1. The van der Waals surface area contributed by atoms with Gasteiger partial charge in [0.2, 0.25) is 11.8 Å². The number of hydrogen-bond donors (Lipinski definition) is 1. The molecule has 7 nitrogen and oxygen atoms in total. The van der Waals surface area contributed by atoms with Crippen molar-refractivity contribution in [2.24, 2.45) is 5.92 Å². The topological polar surface area (TPSA) is 95.3 Å². The molecule has 1 N–H and O–H groups in total. The quantitative estimate of drug-likeness (QED) is 0.921. The molecule has 126 valence electrons. The number of methoxy groups -OCH3 is 1. The summed E-state index contributed by atoms with van der Waals surface area (Å²) in [7, 11) is 1.54. The molecule has 0 saturated carbocycles. The molecule has 1 aromatic heterocycles. The van der Waals surface area contributed by atoms with Gasteiger partial charge in [-0.1, -0.05) is 12.1 Å². The summed E-state index contributed by atoms with van der Waals surface area (Å²) < 4.78 is 5.29. The number of carbonyl (C=O) groups is 2. The van der Waals surface area contributed by atoms with Crippen molar-refractivity contribution >= 4 is 23.3 Å². The first kappa shape index (κ1) is 16.5. The van der Waals surface area contributed by atoms with Crippen LogP contribution in [-0.2, 0) is 9.59 Å². The van der Waals surface area contributed by atoms with E-state index in [1.165, 1.54) is 6.20 Å². The number of nitriles is 1. The number of carbonyl (C=O) groups excluding carboxylic acids is 2. The maximum atomic E-state index is 12.4. The van der Waals surface area contributed by atoms with Crippen LogP contribution in [0.5, 0.6) is 5.75 Å². The Kier molecular flexibility index (Phi) is 4.61. The largest absolute Gasteiger partial charge is 0.495 e. The maximum Gasteiger partial charge on any atom is 0.230 e. The fourth-order valence-corrected chi connectivity index (χ4v) is 2.73. The van der Waals surface area contributed by atoms with Gasteiger partial charge in [-0.25, -0.2) is 4.98 Å². The number of anilines is 2. The lowest BCUT2D eigenvalue weighted by Gasteiger charge is -2.19. The second-order valence-corrected chi connectivity index (χ2v) is 5.61. The van der Waals surface area contributed by atoms with Crippen LogP contribution in [0.1, 0.15) is 12.0 Å². The van der Waals surface area contributed by atoms with E-state index in [2.05, 4.69) is 10.3 Å². The Morgan fingerprint density at radius 1 is 1.36 bits per heavy atom. The molecule has 1 saturated heterocycles. The lowest BCUT2D eigenvalue weighted by Crippen LogP contribution is -2.28. The van der Waals surface area contributed by atoms with Gasteiger partial charge in [0.15, 0.2) is 0 Å². The Bertz CT molecular complexity index is 842. The van der Waals surface area contributed by atoms with Crippen molar-refractivity contribution < 1.29 is 14.3 Å². The van der Waals surface area contributed by atoms with Crippen molar-refractivity contribution in [3.8, 4) is 11.8 Å². The SMILES string of the molecule is COc1ccccc1N1CC(C(=O)Nc2ccc(C#N)cn2)CC1=O. The van der Waals surface area contributed by atoms with Crippen LogP contribution in [0.3, 0.4) is 0 Å². The van der Waals surface area contributed by atoms with E-state index in [4.69, 9.17) is 10.00 Å². The van der Waals surface area contributed by atoms with Gasteiger partial charge in [-0.15, -0.1) is 0 Å². The first-order valence-electron chi connectivity index (χ1n) is 7.72. The number of hydrogen-bond acceptors (Lipinski definition) is 5. The molecule has 2 aromatic rings. The second kappa shape index (κ2) is 7.01. The summed E-state index contributed by atoms with van der Waals surface area (Å²) in [6.45, 7) is 0.279. The molecule has 25 heavy (non-hydrogen) atoms. The van der Waals surface area contributed by atoms with E-state index in [-0.39, 0.29) is 24.8 Å². The third-order valence-corrected chi connectivity index (χ3v) is 4.02. The summed E-state index contributed by atoms with van der Waals surface area (Å²) in [5.41, 5.74) is 1.07. The summed E-state index contributed by atoms with van der Waals surface area (Å²) in [4.78, 5) is 30.3. The van der Waals surface area contributed by atoms with Crippen LogP contribution in [0.2, 0.25) is 0 Å². The number of ether oxygens (including phenoxy) is 1. The maximum absolute atomic E-state index is 12.4. The van der Waals surface area contributed by atoms with Crippen molar-refractivity contribution in [2.75, 3.05) is 23.9 Å². The lowest BCUT2D eigenvalue weighted by atomic mass is 10.1. The molecule has 1 aliphatic rings. The molecule has 1 atom stereocenters. The predicted octanol–water partition coefficient (Wildman–Crippen LogP) is 1.95. The van der Waals surface area contributed by atoms with Crippen LogP contribution in [-0.4, -0.2) is 30.5 Å². The Morgan fingerprint density at radius 3 is 2.84 bits per heavy atom. The Morgan fingerprint density at radius 2 is 2.16 bits per heavy atom. The minimum absolute atomic E-state index is 0.125. The average Bonchev–Trinajstić information content (AvgIpc) is 3.04. The van der Waals surface area contributed by atoms with E-state index in [1.807, 2.05) is 18.2 Å². The predicted molar refractivity (Wildman–Crippen MR) is 91.0 cm³/mol. The van der Waals surface area contributed by atoms with Crippen molar-refractivity contribution in [3.05, 3.63) is 48.2 Å². The van der Waals surface area contributed by atoms with Crippen LogP contribution in [0.25, 0.3) is 0 Å². The lowest BCUT2D eigenvalue weighted by molar-refractivity contribution is -0.122. The van der Waals surface area contributed by atoms with E-state index in [0.717, 1.165) is 0 Å². The molecule has 0 aliphatic carbocycles. The zero-order valence-electron chi connectivity index (χ0n) is 13.6. The molecule has 2 amide bonds. The zero-order chi connectivity index (χ0) is 17.8. The molecule has 0 bridgehead atoms. The van der Waals surface area contributed by atoms with Gasteiger partial charge in [-0.3, -0.25) is 9.59 Å². The molecular weight excluding hydrogens is 320 g/mol. The zero-order valence-corrected chi connectivity index (χ0v) is 13.6. The second-order valence-electron chi connectivity index (χ2n) is 5.61. The number of aromatic nitrogens is 1. The number of para-hydroxylation sites is 2. The number of rotatable bonds is 4. The molecule has 2 heterocycles. The summed E-state index contributed by atoms with van der Waals surface area (Å²) in [5, 5.41) is 11.4. The van der Waals surface area contributed by atoms with Crippen LogP contribution >= 0.6 is 0 Å². The van der Waals surface area contributed by atoms with Gasteiger partial charge in [0.1, 0.15) is 17.6 Å². The standard InChI is InChI=1S/C18H16N4O3/c1-25-15-5-3-2-4-14(15)22-11-13(8-17(22)23)18(24)21-16-7-6-12(9-19)10-20-16/h2-7,10,13H,8,11H2,1H3,(H,20,21,24). The number of nitrogens with zero attached hydrogens (tertiary/aromatic N) is 3. The summed E-state index contributed by atoms with van der Waals surface area (Å²) >= 11 is 0. The van der Waals surface area contributed by atoms with E-state index >= 15 is 0 Å². The molecule has 1 fully saturated rings. The molecule has 0 radical (unpaired) electrons. The number of benzene rings is 1. The van der Waals surface area contributed by atoms with Gasteiger partial charge in [0, 0.05) is 19.2 Å². The van der Waals surface area contributed by atoms with Gasteiger partial charge in [-0.05, 0) is 24.3 Å². The van der Waals surface area contributed by atoms with E-state index in [0.29, 0.717) is 22.8 Å². The highest BCUT2D eigenvalue weighted by atomic mass is 16.5. The molecule has 1 aliphatic heterocycles. The fourth-order valence-electron chi connectivity index (χ4n) is 2.73. The fraction of sp³-hybridized carbons (Fsp3) is 0.222. The first-order valence-corrected chi connectivity index (χ1v) is 7.72. The van der Waals surface area contributed by atoms with Crippen molar-refractivity contribution in [2.45, 2.75) is 6.42 Å². The highest BCUT2D eigenvalue weighted by Crippen LogP contribution is 2.33. The number of nitrogens with one attached hydrogen (secondary N) is 1. The van der Waals surface area contributed by atoms with Crippen LogP contribution < -0.4 is 15.0 Å². The molecule has 3 rings (SSSR count). The van der Waals surface area contributed by atoms with Gasteiger partial charge >= 0.3 is 0 Å². The van der Waals surface area contributed by atoms with Crippen molar-refractivity contribution in [1.29, 1.82) is 5.26 Å². The van der Waals surface area contributed by atoms with E-state index in [1.54, 1.807) is 36.3 Å². The van der Waals surface area contributed by atoms with Crippen LogP contribution in [0.15, 0.2) is 42.6 Å². The third kappa shape index (κ3) is 3.43. The molecule has 1 aromatic carbocycles. The van der Waals surface area contributed by atoms with Gasteiger partial charge < -0.3 is 15.0 Å². The van der Waals surface area contributed by atoms with E-state index < -0.39 is 5.92 Å². The number of amides is 2. The highest BCUT2D eigenvalue weighted by Gasteiger charge is 2.36. The van der Waals surface area contributed by atoms with Crippen LogP contribution in [0, 0.1) is 17.2 Å².